The normalized spacial score (nSPS) is 10.6. The number of nitrogens with one attached hydrogen (secondary N) is 1. The van der Waals surface area contributed by atoms with E-state index >= 15 is 0 Å². The number of para-hydroxylation sites is 1. The average molecular weight is 316 g/mol. The van der Waals surface area contributed by atoms with Crippen LogP contribution in [0.3, 0.4) is 0 Å². The van der Waals surface area contributed by atoms with Crippen LogP contribution in [0.1, 0.15) is 0 Å². The molecule has 0 fully saturated rings. The summed E-state index contributed by atoms with van der Waals surface area (Å²) in [6, 6.07) is 16.5. The molecule has 1 heterocycles. The first-order valence-corrected chi connectivity index (χ1v) is 6.57. The molecule has 0 amide bonds. The molecule has 2 aromatic carbocycles. The lowest BCUT2D eigenvalue weighted by Crippen LogP contribution is -2.04. The summed E-state index contributed by atoms with van der Waals surface area (Å²) in [4.78, 5) is 14.4. The van der Waals surface area contributed by atoms with Crippen LogP contribution in [-0.2, 0) is 0 Å². The van der Waals surface area contributed by atoms with Gasteiger partial charge in [-0.2, -0.15) is 0 Å². The van der Waals surface area contributed by atoms with Crippen molar-refractivity contribution in [1.82, 2.24) is 4.98 Å². The number of aromatic nitrogens is 1. The molecule has 3 aromatic rings. The van der Waals surface area contributed by atoms with Gasteiger partial charge in [0.05, 0.1) is 5.52 Å². The number of aromatic amines is 1. The summed E-state index contributed by atoms with van der Waals surface area (Å²) in [6.07, 6.45) is 0. The van der Waals surface area contributed by atoms with Gasteiger partial charge in [0.25, 0.3) is 5.56 Å². The lowest BCUT2D eigenvalue weighted by atomic mass is 10.2. The molecule has 1 aromatic heterocycles. The number of benzene rings is 2. The number of hydrogen-bond acceptors (Lipinski definition) is 2. The van der Waals surface area contributed by atoms with Crippen molar-refractivity contribution in [3.05, 3.63) is 69.4 Å². The zero-order valence-corrected chi connectivity index (χ0v) is 11.5. The van der Waals surface area contributed by atoms with Crippen molar-refractivity contribution in [3.63, 3.8) is 0 Å². The van der Waals surface area contributed by atoms with Gasteiger partial charge in [-0.1, -0.05) is 34.1 Å². The second-order valence-corrected chi connectivity index (χ2v) is 5.02. The molecule has 3 rings (SSSR count). The second kappa shape index (κ2) is 4.90. The third kappa shape index (κ3) is 2.53. The van der Waals surface area contributed by atoms with Crippen LogP contribution in [0.4, 0.5) is 0 Å². The van der Waals surface area contributed by atoms with Crippen LogP contribution >= 0.6 is 15.9 Å². The van der Waals surface area contributed by atoms with E-state index in [0.29, 0.717) is 11.5 Å². The summed E-state index contributed by atoms with van der Waals surface area (Å²) < 4.78 is 6.69. The molecule has 0 atom stereocenters. The molecular formula is C15H10BrNO2. The highest BCUT2D eigenvalue weighted by atomic mass is 79.9. The smallest absolute Gasteiger partial charge is 0.252 e. The van der Waals surface area contributed by atoms with Crippen molar-refractivity contribution in [2.75, 3.05) is 0 Å². The first-order chi connectivity index (χ1) is 9.22. The summed E-state index contributed by atoms with van der Waals surface area (Å²) in [7, 11) is 0. The molecule has 19 heavy (non-hydrogen) atoms. The van der Waals surface area contributed by atoms with Crippen molar-refractivity contribution in [3.8, 4) is 11.5 Å². The van der Waals surface area contributed by atoms with Gasteiger partial charge in [-0.05, 0) is 30.3 Å². The minimum absolute atomic E-state index is 0.184. The van der Waals surface area contributed by atoms with Crippen LogP contribution in [0.25, 0.3) is 10.9 Å². The number of ether oxygens (including phenoxy) is 1. The van der Waals surface area contributed by atoms with Crippen molar-refractivity contribution in [2.24, 2.45) is 0 Å². The highest BCUT2D eigenvalue weighted by Crippen LogP contribution is 2.28. The van der Waals surface area contributed by atoms with Gasteiger partial charge in [-0.15, -0.1) is 0 Å². The van der Waals surface area contributed by atoms with Gasteiger partial charge in [0.2, 0.25) is 0 Å². The van der Waals surface area contributed by atoms with Gasteiger partial charge in [0.1, 0.15) is 11.5 Å². The maximum absolute atomic E-state index is 11.7. The van der Waals surface area contributed by atoms with E-state index in [-0.39, 0.29) is 5.56 Å². The average Bonchev–Trinajstić information content (AvgIpc) is 2.39. The molecule has 0 aliphatic heterocycles. The summed E-state index contributed by atoms with van der Waals surface area (Å²) in [5, 5.41) is 0.867. The third-order valence-electron chi connectivity index (χ3n) is 2.74. The SMILES string of the molecule is O=c1cc(Oc2ccccc2)c2ccc(Br)cc2[nH]1. The highest BCUT2D eigenvalue weighted by Gasteiger charge is 2.06. The predicted molar refractivity (Wildman–Crippen MR) is 78.8 cm³/mol. The highest BCUT2D eigenvalue weighted by molar-refractivity contribution is 9.10. The molecule has 1 N–H and O–H groups in total. The van der Waals surface area contributed by atoms with Crippen LogP contribution in [0.2, 0.25) is 0 Å². The molecule has 0 saturated carbocycles. The molecule has 0 aliphatic rings. The Bertz CT molecular complexity index is 781. The number of H-pyrrole nitrogens is 1. The van der Waals surface area contributed by atoms with Crippen LogP contribution in [-0.4, -0.2) is 4.98 Å². The van der Waals surface area contributed by atoms with Gasteiger partial charge in [-0.3, -0.25) is 4.79 Å². The zero-order valence-electron chi connectivity index (χ0n) is 9.89. The Labute approximate surface area is 118 Å². The fourth-order valence-electron chi connectivity index (χ4n) is 1.90. The van der Waals surface area contributed by atoms with Gasteiger partial charge >= 0.3 is 0 Å². The zero-order chi connectivity index (χ0) is 13.2. The van der Waals surface area contributed by atoms with E-state index in [1.165, 1.54) is 6.07 Å². The Balaban J connectivity index is 2.15. The molecule has 0 bridgehead atoms. The summed E-state index contributed by atoms with van der Waals surface area (Å²) >= 11 is 3.39. The van der Waals surface area contributed by atoms with E-state index in [2.05, 4.69) is 20.9 Å². The maximum Gasteiger partial charge on any atom is 0.252 e. The van der Waals surface area contributed by atoms with Gasteiger partial charge in [0, 0.05) is 15.9 Å². The topological polar surface area (TPSA) is 42.1 Å². The van der Waals surface area contributed by atoms with E-state index in [0.717, 1.165) is 15.4 Å². The summed E-state index contributed by atoms with van der Waals surface area (Å²) in [5.74, 6) is 1.26. The van der Waals surface area contributed by atoms with Crippen LogP contribution in [0.15, 0.2) is 63.9 Å². The van der Waals surface area contributed by atoms with Crippen molar-refractivity contribution in [2.45, 2.75) is 0 Å². The molecule has 4 heteroatoms. The molecule has 0 unspecified atom stereocenters. The predicted octanol–water partition coefficient (Wildman–Crippen LogP) is 4.08. The molecule has 0 aliphatic carbocycles. The van der Waals surface area contributed by atoms with Crippen molar-refractivity contribution < 1.29 is 4.74 Å². The van der Waals surface area contributed by atoms with E-state index in [9.17, 15) is 4.79 Å². The van der Waals surface area contributed by atoms with E-state index in [1.54, 1.807) is 0 Å². The molecule has 3 nitrogen and oxygen atoms in total. The van der Waals surface area contributed by atoms with Crippen LogP contribution < -0.4 is 10.3 Å². The molecule has 0 saturated heterocycles. The maximum atomic E-state index is 11.7. The number of halogens is 1. The Morgan fingerprint density at radius 2 is 1.79 bits per heavy atom. The minimum Gasteiger partial charge on any atom is -0.456 e. The third-order valence-corrected chi connectivity index (χ3v) is 3.23. The standard InChI is InChI=1S/C15H10BrNO2/c16-10-6-7-12-13(8-10)17-15(18)9-14(12)19-11-4-2-1-3-5-11/h1-9H,(H,17,18). The first kappa shape index (κ1) is 12.0. The lowest BCUT2D eigenvalue weighted by molar-refractivity contribution is 0.487. The van der Waals surface area contributed by atoms with Gasteiger partial charge < -0.3 is 9.72 Å². The van der Waals surface area contributed by atoms with E-state index in [4.69, 9.17) is 4.74 Å². The Hall–Kier alpha value is -2.07. The quantitative estimate of drug-likeness (QED) is 0.774. The summed E-state index contributed by atoms with van der Waals surface area (Å²) in [6.45, 7) is 0. The second-order valence-electron chi connectivity index (χ2n) is 4.10. The largest absolute Gasteiger partial charge is 0.456 e. The molecule has 0 radical (unpaired) electrons. The summed E-state index contributed by atoms with van der Waals surface area (Å²) in [5.41, 5.74) is 0.560. The number of pyridine rings is 1. The monoisotopic (exact) mass is 315 g/mol. The van der Waals surface area contributed by atoms with Crippen LogP contribution in [0.5, 0.6) is 11.5 Å². The molecule has 94 valence electrons. The van der Waals surface area contributed by atoms with Gasteiger partial charge in [0.15, 0.2) is 0 Å². The van der Waals surface area contributed by atoms with E-state index in [1.807, 2.05) is 48.5 Å². The Morgan fingerprint density at radius 3 is 2.58 bits per heavy atom. The van der Waals surface area contributed by atoms with Crippen molar-refractivity contribution >= 4 is 26.8 Å². The minimum atomic E-state index is -0.184. The number of fused-ring (bicyclic) bond motifs is 1. The Kier molecular flexibility index (Phi) is 3.09. The van der Waals surface area contributed by atoms with Crippen LogP contribution in [0, 0.1) is 0 Å². The fraction of sp³-hybridized carbons (Fsp3) is 0. The lowest BCUT2D eigenvalue weighted by Gasteiger charge is -2.08. The molecular weight excluding hydrogens is 306 g/mol. The molecule has 0 spiro atoms. The van der Waals surface area contributed by atoms with Gasteiger partial charge in [-0.25, -0.2) is 0 Å². The number of hydrogen-bond donors (Lipinski definition) is 1. The van der Waals surface area contributed by atoms with Crippen molar-refractivity contribution in [1.29, 1.82) is 0 Å². The Morgan fingerprint density at radius 1 is 1.00 bits per heavy atom. The van der Waals surface area contributed by atoms with E-state index < -0.39 is 0 Å². The fourth-order valence-corrected chi connectivity index (χ4v) is 2.26. The first-order valence-electron chi connectivity index (χ1n) is 5.78. The number of rotatable bonds is 2.